The van der Waals surface area contributed by atoms with Crippen molar-refractivity contribution in [3.63, 3.8) is 0 Å². The maximum Gasteiger partial charge on any atom is 0.532 e. The van der Waals surface area contributed by atoms with E-state index in [-0.39, 0.29) is 11.3 Å². The summed E-state index contributed by atoms with van der Waals surface area (Å²) in [5, 5.41) is 9.25. The van der Waals surface area contributed by atoms with Crippen LogP contribution in [0, 0.1) is 0 Å². The van der Waals surface area contributed by atoms with Gasteiger partial charge in [-0.05, 0) is 49.1 Å². The molecule has 35 heavy (non-hydrogen) atoms. The summed E-state index contributed by atoms with van der Waals surface area (Å²) in [5.41, 5.74) is 0.588. The minimum atomic E-state index is -4.91. The predicted molar refractivity (Wildman–Crippen MR) is 121 cm³/mol. The number of piperidine rings is 1. The fourth-order valence-corrected chi connectivity index (χ4v) is 4.39. The molecular weight excluding hydrogens is 481 g/mol. The molecule has 2 aromatic rings. The van der Waals surface area contributed by atoms with E-state index in [1.54, 1.807) is 24.3 Å². The molecule has 2 N–H and O–H groups in total. The summed E-state index contributed by atoms with van der Waals surface area (Å²) in [6.07, 6.45) is 1.12. The van der Waals surface area contributed by atoms with Gasteiger partial charge in [0, 0.05) is 6.54 Å². The molecule has 1 aliphatic rings. The molecule has 11 nitrogen and oxygen atoms in total. The standard InChI is InChI=1S/C23H26NO10P/c1-31-22(27)20(16-7-3-2-4-8-16)19-9-5-6-14-24(19)23(28)32-15-33-35(29,30)34-21(26)17-10-12-18(25)13-11-17/h2-4,7-8,10-13,19-20,25H,5-6,9,14-15H2,1H3,(H,29,30). The van der Waals surface area contributed by atoms with E-state index in [0.717, 1.165) is 6.42 Å². The molecule has 12 heteroatoms. The number of benzene rings is 2. The van der Waals surface area contributed by atoms with Gasteiger partial charge >= 0.3 is 25.9 Å². The molecule has 2 aromatic carbocycles. The van der Waals surface area contributed by atoms with Gasteiger partial charge in [-0.3, -0.25) is 9.69 Å². The fraction of sp³-hybridized carbons (Fsp3) is 0.348. The highest BCUT2D eigenvalue weighted by Gasteiger charge is 2.39. The molecule has 1 saturated heterocycles. The highest BCUT2D eigenvalue weighted by molar-refractivity contribution is 7.48. The minimum Gasteiger partial charge on any atom is -0.508 e. The first-order chi connectivity index (χ1) is 16.7. The lowest BCUT2D eigenvalue weighted by atomic mass is 9.85. The molecule has 3 atom stereocenters. The van der Waals surface area contributed by atoms with Gasteiger partial charge in [-0.15, -0.1) is 0 Å². The van der Waals surface area contributed by atoms with Crippen molar-refractivity contribution in [3.05, 3.63) is 65.7 Å². The van der Waals surface area contributed by atoms with E-state index in [4.69, 9.17) is 9.47 Å². The van der Waals surface area contributed by atoms with E-state index in [0.29, 0.717) is 24.9 Å². The van der Waals surface area contributed by atoms with Gasteiger partial charge in [0.1, 0.15) is 11.7 Å². The lowest BCUT2D eigenvalue weighted by Gasteiger charge is -2.38. The number of nitrogens with zero attached hydrogens (tertiary/aromatic N) is 1. The Bertz CT molecular complexity index is 1080. The number of amides is 1. The second-order valence-electron chi connectivity index (χ2n) is 7.72. The van der Waals surface area contributed by atoms with Crippen molar-refractivity contribution in [2.45, 2.75) is 31.2 Å². The van der Waals surface area contributed by atoms with Crippen LogP contribution in [0.3, 0.4) is 0 Å². The number of phenols is 1. The normalized spacial score (nSPS) is 18.1. The van der Waals surface area contributed by atoms with Crippen LogP contribution >= 0.6 is 7.82 Å². The van der Waals surface area contributed by atoms with E-state index < -0.39 is 44.6 Å². The predicted octanol–water partition coefficient (Wildman–Crippen LogP) is 3.57. The molecule has 1 fully saturated rings. The lowest BCUT2D eigenvalue weighted by Crippen LogP contribution is -2.49. The van der Waals surface area contributed by atoms with Gasteiger partial charge in [0.15, 0.2) is 0 Å². The number of methoxy groups -OCH3 is 1. The monoisotopic (exact) mass is 507 g/mol. The Morgan fingerprint density at radius 2 is 1.77 bits per heavy atom. The summed E-state index contributed by atoms with van der Waals surface area (Å²) in [5.74, 6) is -2.51. The number of carbonyl (C=O) groups excluding carboxylic acids is 3. The molecular formula is C23H26NO10P. The van der Waals surface area contributed by atoms with Crippen LogP contribution in [0.15, 0.2) is 54.6 Å². The second kappa shape index (κ2) is 11.8. The Labute approximate surface area is 201 Å². The number of ether oxygens (including phenoxy) is 2. The van der Waals surface area contributed by atoms with Crippen molar-refractivity contribution in [3.8, 4) is 5.75 Å². The van der Waals surface area contributed by atoms with Crippen molar-refractivity contribution in [1.82, 2.24) is 4.90 Å². The van der Waals surface area contributed by atoms with Crippen molar-refractivity contribution in [2.75, 3.05) is 20.4 Å². The number of phenolic OH excluding ortho intramolecular Hbond substituents is 1. The maximum atomic E-state index is 12.8. The van der Waals surface area contributed by atoms with Gasteiger partial charge in [0.05, 0.1) is 18.7 Å². The van der Waals surface area contributed by atoms with Crippen LogP contribution in [0.2, 0.25) is 0 Å². The smallest absolute Gasteiger partial charge is 0.508 e. The van der Waals surface area contributed by atoms with Crippen LogP contribution < -0.4 is 0 Å². The minimum absolute atomic E-state index is 0.0939. The number of carbonyl (C=O) groups is 3. The summed E-state index contributed by atoms with van der Waals surface area (Å²) >= 11 is 0. The fourth-order valence-electron chi connectivity index (χ4n) is 3.84. The van der Waals surface area contributed by atoms with Gasteiger partial charge in [0.2, 0.25) is 6.79 Å². The van der Waals surface area contributed by atoms with Crippen LogP contribution in [0.25, 0.3) is 0 Å². The van der Waals surface area contributed by atoms with Gasteiger partial charge in [-0.25, -0.2) is 18.7 Å². The zero-order valence-electron chi connectivity index (χ0n) is 18.9. The summed E-state index contributed by atoms with van der Waals surface area (Å²) in [6, 6.07) is 13.1. The first-order valence-electron chi connectivity index (χ1n) is 10.8. The molecule has 1 heterocycles. The van der Waals surface area contributed by atoms with E-state index >= 15 is 0 Å². The van der Waals surface area contributed by atoms with Gasteiger partial charge in [-0.2, -0.15) is 0 Å². The quantitative estimate of drug-likeness (QED) is 0.308. The largest absolute Gasteiger partial charge is 0.532 e. The first-order valence-corrected chi connectivity index (χ1v) is 12.3. The van der Waals surface area contributed by atoms with Crippen LogP contribution in [0.5, 0.6) is 5.75 Å². The Morgan fingerprint density at radius 3 is 2.43 bits per heavy atom. The average molecular weight is 507 g/mol. The number of hydrogen-bond donors (Lipinski definition) is 2. The van der Waals surface area contributed by atoms with E-state index in [2.05, 4.69) is 9.05 Å². The topological polar surface area (TPSA) is 149 Å². The molecule has 3 rings (SSSR count). The molecule has 0 saturated carbocycles. The molecule has 0 bridgehead atoms. The van der Waals surface area contributed by atoms with Crippen LogP contribution in [-0.2, 0) is 27.9 Å². The van der Waals surface area contributed by atoms with Crippen LogP contribution in [0.4, 0.5) is 4.79 Å². The first kappa shape index (κ1) is 26.2. The summed E-state index contributed by atoms with van der Waals surface area (Å²) < 4.78 is 31.1. The Hall–Kier alpha value is -3.40. The summed E-state index contributed by atoms with van der Waals surface area (Å²) in [4.78, 5) is 48.5. The number of esters is 1. The Morgan fingerprint density at radius 1 is 1.09 bits per heavy atom. The Balaban J connectivity index is 1.62. The zero-order chi connectivity index (χ0) is 25.4. The average Bonchev–Trinajstić information content (AvgIpc) is 2.85. The van der Waals surface area contributed by atoms with Crippen molar-refractivity contribution >= 4 is 25.9 Å². The molecule has 0 spiro atoms. The number of hydrogen-bond acceptors (Lipinski definition) is 9. The third kappa shape index (κ3) is 7.05. The van der Waals surface area contributed by atoms with Gasteiger partial charge in [0.25, 0.3) is 0 Å². The highest BCUT2D eigenvalue weighted by atomic mass is 31.2. The molecule has 0 radical (unpaired) electrons. The van der Waals surface area contributed by atoms with Gasteiger partial charge < -0.3 is 24.0 Å². The number of likely N-dealkylation sites (tertiary alicyclic amines) is 1. The molecule has 0 aromatic heterocycles. The van der Waals surface area contributed by atoms with Gasteiger partial charge in [-0.1, -0.05) is 30.3 Å². The van der Waals surface area contributed by atoms with Crippen molar-refractivity contribution in [2.24, 2.45) is 0 Å². The molecule has 3 unspecified atom stereocenters. The summed E-state index contributed by atoms with van der Waals surface area (Å²) in [7, 11) is -3.63. The summed E-state index contributed by atoms with van der Waals surface area (Å²) in [6.45, 7) is -0.663. The maximum absolute atomic E-state index is 12.8. The molecule has 0 aliphatic carbocycles. The SMILES string of the molecule is COC(=O)C(c1ccccc1)C1CCCCN1C(=O)OCOP(=O)(O)OC(=O)c1ccc(O)cc1. The molecule has 1 aliphatic heterocycles. The number of aromatic hydroxyl groups is 1. The second-order valence-corrected chi connectivity index (χ2v) is 9.10. The molecule has 188 valence electrons. The number of phosphoric acid groups is 1. The third-order valence-electron chi connectivity index (χ3n) is 5.48. The lowest BCUT2D eigenvalue weighted by molar-refractivity contribution is -0.144. The van der Waals surface area contributed by atoms with Crippen LogP contribution in [0.1, 0.15) is 41.1 Å². The van der Waals surface area contributed by atoms with Crippen LogP contribution in [-0.4, -0.2) is 59.4 Å². The third-order valence-corrected chi connectivity index (χ3v) is 6.31. The zero-order valence-corrected chi connectivity index (χ0v) is 19.8. The molecule has 1 amide bonds. The highest BCUT2D eigenvalue weighted by Crippen LogP contribution is 2.44. The van der Waals surface area contributed by atoms with Crippen molar-refractivity contribution in [1.29, 1.82) is 0 Å². The number of phosphoric ester groups is 1. The van der Waals surface area contributed by atoms with E-state index in [1.807, 2.05) is 6.07 Å². The number of rotatable bonds is 8. The van der Waals surface area contributed by atoms with E-state index in [1.165, 1.54) is 36.3 Å². The van der Waals surface area contributed by atoms with E-state index in [9.17, 15) is 28.9 Å². The Kier molecular flexibility index (Phi) is 8.86. The van der Waals surface area contributed by atoms with Crippen molar-refractivity contribution < 1.29 is 47.5 Å².